The van der Waals surface area contributed by atoms with E-state index in [1.165, 1.54) is 11.3 Å². The zero-order chi connectivity index (χ0) is 19.7. The molecule has 0 aliphatic rings. The van der Waals surface area contributed by atoms with Crippen LogP contribution in [0.25, 0.3) is 17.1 Å². The fraction of sp³-hybridized carbons (Fsp3) is 0.200. The predicted octanol–water partition coefficient (Wildman–Crippen LogP) is 4.67. The van der Waals surface area contributed by atoms with Crippen molar-refractivity contribution in [2.24, 2.45) is 0 Å². The van der Waals surface area contributed by atoms with Crippen LogP contribution in [-0.4, -0.2) is 25.9 Å². The third kappa shape index (κ3) is 3.59. The van der Waals surface area contributed by atoms with Crippen LogP contribution in [0.4, 0.5) is 5.13 Å². The molecule has 0 saturated heterocycles. The van der Waals surface area contributed by atoms with Gasteiger partial charge in [-0.1, -0.05) is 43.4 Å². The average molecular weight is 393 g/mol. The first-order valence-electron chi connectivity index (χ1n) is 8.88. The normalized spacial score (nSPS) is 11.1. The molecule has 28 heavy (non-hydrogen) atoms. The van der Waals surface area contributed by atoms with Crippen molar-refractivity contribution < 1.29 is 9.21 Å². The van der Waals surface area contributed by atoms with E-state index in [4.69, 9.17) is 4.42 Å². The molecule has 0 fully saturated rings. The Morgan fingerprint density at radius 1 is 1.14 bits per heavy atom. The monoisotopic (exact) mass is 393 g/mol. The standard InChI is InChI=1S/C20H19N5O2S/c1-12(2)19-22-23-20(28-19)21-18(26)15-11-25(14-7-5-4-6-8-14)24-17(15)16-10-9-13(3)27-16/h4-12H,1-3H3,(H,21,23,26). The minimum atomic E-state index is -0.308. The first kappa shape index (κ1) is 18.1. The number of hydrogen-bond donors (Lipinski definition) is 1. The number of amides is 1. The van der Waals surface area contributed by atoms with Gasteiger partial charge >= 0.3 is 0 Å². The molecule has 4 rings (SSSR count). The predicted molar refractivity (Wildman–Crippen MR) is 108 cm³/mol. The second-order valence-corrected chi connectivity index (χ2v) is 7.65. The van der Waals surface area contributed by atoms with Gasteiger partial charge in [-0.15, -0.1) is 10.2 Å². The fourth-order valence-corrected chi connectivity index (χ4v) is 3.42. The zero-order valence-corrected chi connectivity index (χ0v) is 16.5. The summed E-state index contributed by atoms with van der Waals surface area (Å²) in [7, 11) is 0. The van der Waals surface area contributed by atoms with E-state index in [9.17, 15) is 4.79 Å². The summed E-state index contributed by atoms with van der Waals surface area (Å²) in [4.78, 5) is 13.0. The van der Waals surface area contributed by atoms with Crippen molar-refractivity contribution in [3.8, 4) is 17.1 Å². The van der Waals surface area contributed by atoms with Gasteiger partial charge in [0.25, 0.3) is 5.91 Å². The number of carbonyl (C=O) groups is 1. The van der Waals surface area contributed by atoms with Gasteiger partial charge in [-0.25, -0.2) is 4.68 Å². The van der Waals surface area contributed by atoms with Crippen LogP contribution in [0, 0.1) is 6.92 Å². The molecule has 3 heterocycles. The summed E-state index contributed by atoms with van der Waals surface area (Å²) in [6, 6.07) is 13.3. The second-order valence-electron chi connectivity index (χ2n) is 6.64. The zero-order valence-electron chi connectivity index (χ0n) is 15.7. The molecule has 4 aromatic rings. The lowest BCUT2D eigenvalue weighted by atomic mass is 10.2. The molecule has 142 valence electrons. The van der Waals surface area contributed by atoms with Crippen LogP contribution in [0.5, 0.6) is 0 Å². The Hall–Kier alpha value is -3.26. The molecule has 1 amide bonds. The summed E-state index contributed by atoms with van der Waals surface area (Å²) >= 11 is 1.37. The van der Waals surface area contributed by atoms with Gasteiger partial charge in [-0.05, 0) is 31.2 Å². The van der Waals surface area contributed by atoms with E-state index in [0.29, 0.717) is 22.1 Å². The van der Waals surface area contributed by atoms with Crippen molar-refractivity contribution in [1.82, 2.24) is 20.0 Å². The first-order chi connectivity index (χ1) is 13.5. The van der Waals surface area contributed by atoms with E-state index >= 15 is 0 Å². The second kappa shape index (κ2) is 7.40. The van der Waals surface area contributed by atoms with Crippen LogP contribution >= 0.6 is 11.3 Å². The minimum absolute atomic E-state index is 0.255. The Morgan fingerprint density at radius 2 is 1.93 bits per heavy atom. The Labute approximate surface area is 166 Å². The topological polar surface area (TPSA) is 85.8 Å². The van der Waals surface area contributed by atoms with E-state index in [0.717, 1.165) is 16.5 Å². The maximum Gasteiger partial charge on any atom is 0.261 e. The highest BCUT2D eigenvalue weighted by Crippen LogP contribution is 2.28. The van der Waals surface area contributed by atoms with Crippen LogP contribution in [-0.2, 0) is 0 Å². The highest BCUT2D eigenvalue weighted by Gasteiger charge is 2.22. The summed E-state index contributed by atoms with van der Waals surface area (Å²) in [6.07, 6.45) is 1.70. The number of furan rings is 1. The molecule has 1 N–H and O–H groups in total. The number of hydrogen-bond acceptors (Lipinski definition) is 6. The maximum atomic E-state index is 13.0. The molecular formula is C20H19N5O2S. The summed E-state index contributed by atoms with van der Waals surface area (Å²) in [5, 5.41) is 16.9. The molecule has 1 aromatic carbocycles. The molecule has 0 unspecified atom stereocenters. The molecule has 0 radical (unpaired) electrons. The van der Waals surface area contributed by atoms with Crippen molar-refractivity contribution >= 4 is 22.4 Å². The van der Waals surface area contributed by atoms with Crippen molar-refractivity contribution in [2.45, 2.75) is 26.7 Å². The lowest BCUT2D eigenvalue weighted by molar-refractivity contribution is 0.102. The lowest BCUT2D eigenvalue weighted by Crippen LogP contribution is -2.12. The van der Waals surface area contributed by atoms with E-state index in [1.54, 1.807) is 10.9 Å². The third-order valence-corrected chi connectivity index (χ3v) is 5.25. The summed E-state index contributed by atoms with van der Waals surface area (Å²) < 4.78 is 7.38. The number of carbonyl (C=O) groups excluding carboxylic acids is 1. The van der Waals surface area contributed by atoms with Crippen LogP contribution in [0.3, 0.4) is 0 Å². The molecule has 0 bridgehead atoms. The number of anilines is 1. The van der Waals surface area contributed by atoms with Gasteiger partial charge in [-0.2, -0.15) is 5.10 Å². The highest BCUT2D eigenvalue weighted by molar-refractivity contribution is 7.15. The number of benzene rings is 1. The Bertz CT molecular complexity index is 1110. The number of nitrogens with one attached hydrogen (secondary N) is 1. The molecule has 7 nitrogen and oxygen atoms in total. The molecule has 0 spiro atoms. The van der Waals surface area contributed by atoms with Gasteiger partial charge in [0, 0.05) is 12.1 Å². The van der Waals surface area contributed by atoms with Crippen molar-refractivity contribution in [3.63, 3.8) is 0 Å². The van der Waals surface area contributed by atoms with Crippen molar-refractivity contribution in [2.75, 3.05) is 5.32 Å². The van der Waals surface area contributed by atoms with Crippen molar-refractivity contribution in [1.29, 1.82) is 0 Å². The smallest absolute Gasteiger partial charge is 0.261 e. The highest BCUT2D eigenvalue weighted by atomic mass is 32.1. The van der Waals surface area contributed by atoms with Gasteiger partial charge in [0.2, 0.25) is 5.13 Å². The summed E-state index contributed by atoms with van der Waals surface area (Å²) in [5.74, 6) is 1.24. The number of para-hydroxylation sites is 1. The van der Waals surface area contributed by atoms with Crippen molar-refractivity contribution in [3.05, 3.63) is 65.0 Å². The fourth-order valence-electron chi connectivity index (χ4n) is 2.68. The quantitative estimate of drug-likeness (QED) is 0.533. The molecular weight excluding hydrogens is 374 g/mol. The van der Waals surface area contributed by atoms with E-state index in [2.05, 4.69) is 20.6 Å². The van der Waals surface area contributed by atoms with E-state index in [1.807, 2.05) is 63.2 Å². The molecule has 0 saturated carbocycles. The van der Waals surface area contributed by atoms with Gasteiger partial charge < -0.3 is 4.42 Å². The summed E-state index contributed by atoms with van der Waals surface area (Å²) in [5.41, 5.74) is 1.73. The van der Waals surface area contributed by atoms with Crippen LogP contribution in [0.15, 0.2) is 53.1 Å². The lowest BCUT2D eigenvalue weighted by Gasteiger charge is -2.00. The van der Waals surface area contributed by atoms with Crippen LogP contribution < -0.4 is 5.32 Å². The third-order valence-electron chi connectivity index (χ3n) is 4.11. The largest absolute Gasteiger partial charge is 0.460 e. The van der Waals surface area contributed by atoms with Gasteiger partial charge in [-0.3, -0.25) is 10.1 Å². The van der Waals surface area contributed by atoms with E-state index < -0.39 is 0 Å². The van der Waals surface area contributed by atoms with Gasteiger partial charge in [0.1, 0.15) is 16.5 Å². The maximum absolute atomic E-state index is 13.0. The van der Waals surface area contributed by atoms with E-state index in [-0.39, 0.29) is 11.8 Å². The average Bonchev–Trinajstić information content (AvgIpc) is 3.41. The van der Waals surface area contributed by atoms with Crippen LogP contribution in [0.1, 0.15) is 40.9 Å². The summed E-state index contributed by atoms with van der Waals surface area (Å²) in [6.45, 7) is 5.92. The van der Waals surface area contributed by atoms with Crippen LogP contribution in [0.2, 0.25) is 0 Å². The number of aryl methyl sites for hydroxylation is 1. The molecule has 8 heteroatoms. The van der Waals surface area contributed by atoms with Gasteiger partial charge in [0.15, 0.2) is 5.76 Å². The Balaban J connectivity index is 1.71. The first-order valence-corrected chi connectivity index (χ1v) is 9.69. The number of rotatable bonds is 5. The molecule has 3 aromatic heterocycles. The number of nitrogens with zero attached hydrogens (tertiary/aromatic N) is 4. The minimum Gasteiger partial charge on any atom is -0.460 e. The molecule has 0 atom stereocenters. The van der Waals surface area contributed by atoms with Gasteiger partial charge in [0.05, 0.1) is 11.3 Å². The Kier molecular flexibility index (Phi) is 4.79. The molecule has 0 aliphatic carbocycles. The SMILES string of the molecule is Cc1ccc(-c2nn(-c3ccccc3)cc2C(=O)Nc2nnc(C(C)C)s2)o1. The molecule has 0 aliphatic heterocycles. The number of aromatic nitrogens is 4. The Morgan fingerprint density at radius 3 is 2.57 bits per heavy atom.